The summed E-state index contributed by atoms with van der Waals surface area (Å²) >= 11 is 1.98. The molecule has 1 aromatic carbocycles. The molecule has 1 saturated heterocycles. The van der Waals surface area contributed by atoms with E-state index < -0.39 is 5.97 Å². The zero-order valence-electron chi connectivity index (χ0n) is 10.1. The number of carbonyl (C=O) groups is 1. The second-order valence-electron chi connectivity index (χ2n) is 4.16. The molecular weight excluding hydrogens is 250 g/mol. The average Bonchev–Trinajstić information content (AvgIpc) is 2.40. The van der Waals surface area contributed by atoms with Crippen molar-refractivity contribution in [2.45, 2.75) is 11.7 Å². The van der Waals surface area contributed by atoms with Crippen LogP contribution in [0.3, 0.4) is 0 Å². The lowest BCUT2D eigenvalue weighted by atomic mass is 10.2. The third-order valence-electron chi connectivity index (χ3n) is 2.81. The Labute approximate surface area is 111 Å². The SMILES string of the molecule is O=C(O)c1ccc(OCCC2CNCCS2)cc1. The minimum absolute atomic E-state index is 0.286. The van der Waals surface area contributed by atoms with E-state index in [0.717, 1.165) is 31.0 Å². The molecule has 18 heavy (non-hydrogen) atoms. The van der Waals surface area contributed by atoms with Crippen molar-refractivity contribution in [3.8, 4) is 5.75 Å². The van der Waals surface area contributed by atoms with Gasteiger partial charge in [-0.15, -0.1) is 0 Å². The smallest absolute Gasteiger partial charge is 0.335 e. The topological polar surface area (TPSA) is 58.6 Å². The highest BCUT2D eigenvalue weighted by Crippen LogP contribution is 2.18. The molecule has 0 aromatic heterocycles. The predicted octanol–water partition coefficient (Wildman–Crippen LogP) is 1.86. The van der Waals surface area contributed by atoms with Crippen LogP contribution >= 0.6 is 11.8 Å². The van der Waals surface area contributed by atoms with E-state index in [2.05, 4.69) is 5.32 Å². The molecule has 5 heteroatoms. The number of nitrogens with one attached hydrogen (secondary N) is 1. The van der Waals surface area contributed by atoms with Crippen molar-refractivity contribution in [2.24, 2.45) is 0 Å². The van der Waals surface area contributed by atoms with E-state index in [1.54, 1.807) is 24.3 Å². The van der Waals surface area contributed by atoms with E-state index in [1.807, 2.05) is 11.8 Å². The molecule has 1 atom stereocenters. The maximum absolute atomic E-state index is 10.7. The quantitative estimate of drug-likeness (QED) is 0.852. The van der Waals surface area contributed by atoms with Gasteiger partial charge in [0.2, 0.25) is 0 Å². The summed E-state index contributed by atoms with van der Waals surface area (Å²) in [6, 6.07) is 6.54. The van der Waals surface area contributed by atoms with Gasteiger partial charge < -0.3 is 15.2 Å². The molecule has 0 bridgehead atoms. The van der Waals surface area contributed by atoms with Gasteiger partial charge in [0, 0.05) is 24.1 Å². The summed E-state index contributed by atoms with van der Waals surface area (Å²) in [5.41, 5.74) is 0.286. The monoisotopic (exact) mass is 267 g/mol. The molecule has 98 valence electrons. The number of carboxylic acids is 1. The Morgan fingerprint density at radius 1 is 1.44 bits per heavy atom. The second kappa shape index (κ2) is 6.66. The molecule has 1 fully saturated rings. The van der Waals surface area contributed by atoms with Gasteiger partial charge in [-0.05, 0) is 30.7 Å². The maximum Gasteiger partial charge on any atom is 0.335 e. The number of hydrogen-bond donors (Lipinski definition) is 2. The van der Waals surface area contributed by atoms with Crippen LogP contribution in [0.1, 0.15) is 16.8 Å². The molecule has 1 aliphatic heterocycles. The second-order valence-corrected chi connectivity index (χ2v) is 5.57. The van der Waals surface area contributed by atoms with Crippen molar-refractivity contribution in [3.63, 3.8) is 0 Å². The first-order chi connectivity index (χ1) is 8.75. The molecule has 1 unspecified atom stereocenters. The van der Waals surface area contributed by atoms with Gasteiger partial charge in [0.1, 0.15) is 5.75 Å². The molecule has 1 aromatic rings. The van der Waals surface area contributed by atoms with Crippen molar-refractivity contribution in [1.29, 1.82) is 0 Å². The molecule has 0 saturated carbocycles. The van der Waals surface area contributed by atoms with Gasteiger partial charge in [-0.2, -0.15) is 11.8 Å². The molecule has 1 heterocycles. The van der Waals surface area contributed by atoms with E-state index >= 15 is 0 Å². The Bertz CT molecular complexity index is 388. The first-order valence-electron chi connectivity index (χ1n) is 6.04. The summed E-state index contributed by atoms with van der Waals surface area (Å²) in [4.78, 5) is 10.7. The molecule has 2 N–H and O–H groups in total. The van der Waals surface area contributed by atoms with Gasteiger partial charge in [-0.1, -0.05) is 0 Å². The highest BCUT2D eigenvalue weighted by molar-refractivity contribution is 8.00. The van der Waals surface area contributed by atoms with Crippen LogP contribution in [0.15, 0.2) is 24.3 Å². The van der Waals surface area contributed by atoms with Crippen LogP contribution in [0.4, 0.5) is 0 Å². The van der Waals surface area contributed by atoms with Crippen molar-refractivity contribution in [3.05, 3.63) is 29.8 Å². The van der Waals surface area contributed by atoms with Crippen LogP contribution in [0.25, 0.3) is 0 Å². The minimum Gasteiger partial charge on any atom is -0.494 e. The summed E-state index contributed by atoms with van der Waals surface area (Å²) < 4.78 is 5.61. The Balaban J connectivity index is 1.74. The van der Waals surface area contributed by atoms with Crippen molar-refractivity contribution in [2.75, 3.05) is 25.4 Å². The summed E-state index contributed by atoms with van der Waals surface area (Å²) in [7, 11) is 0. The third kappa shape index (κ3) is 3.92. The fourth-order valence-electron chi connectivity index (χ4n) is 1.81. The molecule has 0 radical (unpaired) electrons. The van der Waals surface area contributed by atoms with Gasteiger partial charge in [0.25, 0.3) is 0 Å². The fraction of sp³-hybridized carbons (Fsp3) is 0.462. The molecule has 0 amide bonds. The number of hydrogen-bond acceptors (Lipinski definition) is 4. The first-order valence-corrected chi connectivity index (χ1v) is 7.09. The van der Waals surface area contributed by atoms with Gasteiger partial charge in [-0.3, -0.25) is 0 Å². The van der Waals surface area contributed by atoms with Crippen LogP contribution in [0, 0.1) is 0 Å². The number of thioether (sulfide) groups is 1. The number of aromatic carboxylic acids is 1. The molecule has 4 nitrogen and oxygen atoms in total. The lowest BCUT2D eigenvalue weighted by Crippen LogP contribution is -2.33. The first kappa shape index (κ1) is 13.2. The molecule has 2 rings (SSSR count). The van der Waals surface area contributed by atoms with Gasteiger partial charge in [0.05, 0.1) is 12.2 Å². The van der Waals surface area contributed by atoms with Gasteiger partial charge in [-0.25, -0.2) is 4.79 Å². The van der Waals surface area contributed by atoms with Crippen molar-refractivity contribution >= 4 is 17.7 Å². The lowest BCUT2D eigenvalue weighted by Gasteiger charge is -2.22. The van der Waals surface area contributed by atoms with E-state index in [0.29, 0.717) is 11.9 Å². The number of benzene rings is 1. The van der Waals surface area contributed by atoms with E-state index in [-0.39, 0.29) is 5.56 Å². The van der Waals surface area contributed by atoms with Crippen molar-refractivity contribution < 1.29 is 14.6 Å². The third-order valence-corrected chi connectivity index (χ3v) is 4.13. The number of carboxylic acid groups (broad SMARTS) is 1. The van der Waals surface area contributed by atoms with E-state index in [4.69, 9.17) is 9.84 Å². The molecule has 0 aliphatic carbocycles. The zero-order valence-corrected chi connectivity index (χ0v) is 10.9. The van der Waals surface area contributed by atoms with E-state index in [9.17, 15) is 4.79 Å². The Kier molecular flexibility index (Phi) is 4.90. The number of rotatable bonds is 5. The Morgan fingerprint density at radius 3 is 2.83 bits per heavy atom. The highest BCUT2D eigenvalue weighted by Gasteiger charge is 2.13. The summed E-state index contributed by atoms with van der Waals surface area (Å²) in [5, 5.41) is 12.8. The van der Waals surface area contributed by atoms with Crippen LogP contribution in [0.5, 0.6) is 5.75 Å². The van der Waals surface area contributed by atoms with Crippen LogP contribution in [0.2, 0.25) is 0 Å². The van der Waals surface area contributed by atoms with Crippen molar-refractivity contribution in [1.82, 2.24) is 5.32 Å². The summed E-state index contributed by atoms with van der Waals surface area (Å²) in [6.45, 7) is 2.82. The van der Waals surface area contributed by atoms with E-state index in [1.165, 1.54) is 0 Å². The average molecular weight is 267 g/mol. The zero-order chi connectivity index (χ0) is 12.8. The summed E-state index contributed by atoms with van der Waals surface area (Å²) in [6.07, 6.45) is 1.01. The Morgan fingerprint density at radius 2 is 2.22 bits per heavy atom. The summed E-state index contributed by atoms with van der Waals surface area (Å²) in [5.74, 6) is 0.984. The van der Waals surface area contributed by atoms with Gasteiger partial charge >= 0.3 is 5.97 Å². The predicted molar refractivity (Wildman–Crippen MR) is 72.6 cm³/mol. The molecular formula is C13H17NO3S. The van der Waals surface area contributed by atoms with Crippen LogP contribution < -0.4 is 10.1 Å². The van der Waals surface area contributed by atoms with Gasteiger partial charge in [0.15, 0.2) is 0 Å². The van der Waals surface area contributed by atoms with Crippen LogP contribution in [-0.4, -0.2) is 41.8 Å². The highest BCUT2D eigenvalue weighted by atomic mass is 32.2. The normalized spacial score (nSPS) is 19.4. The maximum atomic E-state index is 10.7. The Hall–Kier alpha value is -1.20. The fourth-order valence-corrected chi connectivity index (χ4v) is 2.90. The lowest BCUT2D eigenvalue weighted by molar-refractivity contribution is 0.0697. The standard InChI is InChI=1S/C13H17NO3S/c15-13(16)10-1-3-11(4-2-10)17-7-5-12-9-14-6-8-18-12/h1-4,12,14H,5-9H2,(H,15,16). The molecule has 1 aliphatic rings. The molecule has 0 spiro atoms. The number of ether oxygens (including phenoxy) is 1. The van der Waals surface area contributed by atoms with Crippen LogP contribution in [-0.2, 0) is 0 Å². The largest absolute Gasteiger partial charge is 0.494 e. The minimum atomic E-state index is -0.911.